The van der Waals surface area contributed by atoms with E-state index >= 15 is 0 Å². The van der Waals surface area contributed by atoms with Gasteiger partial charge in [-0.3, -0.25) is 9.48 Å². The fourth-order valence-corrected chi connectivity index (χ4v) is 4.46. The zero-order valence-electron chi connectivity index (χ0n) is 14.4. The Bertz CT molecular complexity index is 1110. The standard InChI is InChI=1S/C19H18FN3O3S/c20-14-6-9-16-17(10-14)23(11-18(24)21-15-7-8-15)22-19(16)27(25,26)12-13-4-2-1-3-5-13/h1-6,9-10,15H,7-8,11-12H2,(H,21,24). The highest BCUT2D eigenvalue weighted by Crippen LogP contribution is 2.26. The molecule has 1 fully saturated rings. The van der Waals surface area contributed by atoms with Crippen molar-refractivity contribution < 1.29 is 17.6 Å². The maximum Gasteiger partial charge on any atom is 0.241 e. The summed E-state index contributed by atoms with van der Waals surface area (Å²) in [7, 11) is -3.76. The van der Waals surface area contributed by atoms with Gasteiger partial charge in [-0.15, -0.1) is 0 Å². The first kappa shape index (κ1) is 17.7. The molecule has 1 aliphatic carbocycles. The highest BCUT2D eigenvalue weighted by atomic mass is 32.2. The molecule has 0 aliphatic heterocycles. The average molecular weight is 387 g/mol. The third kappa shape index (κ3) is 3.85. The molecule has 1 aromatic heterocycles. The van der Waals surface area contributed by atoms with E-state index in [2.05, 4.69) is 10.4 Å². The number of halogens is 1. The highest BCUT2D eigenvalue weighted by Gasteiger charge is 2.26. The number of rotatable bonds is 6. The predicted molar refractivity (Wildman–Crippen MR) is 98.2 cm³/mol. The van der Waals surface area contributed by atoms with Gasteiger partial charge in [0.05, 0.1) is 11.3 Å². The predicted octanol–water partition coefficient (Wildman–Crippen LogP) is 2.43. The SMILES string of the molecule is O=C(Cn1nc(S(=O)(=O)Cc2ccccc2)c2ccc(F)cc21)NC1CC1. The first-order chi connectivity index (χ1) is 12.9. The largest absolute Gasteiger partial charge is 0.352 e. The van der Waals surface area contributed by atoms with E-state index < -0.39 is 15.7 Å². The summed E-state index contributed by atoms with van der Waals surface area (Å²) in [6.07, 6.45) is 1.88. The number of carbonyl (C=O) groups is 1. The topological polar surface area (TPSA) is 81.1 Å². The summed E-state index contributed by atoms with van der Waals surface area (Å²) in [5.74, 6) is -0.998. The lowest BCUT2D eigenvalue weighted by Gasteiger charge is -2.04. The van der Waals surface area contributed by atoms with E-state index in [4.69, 9.17) is 0 Å². The summed E-state index contributed by atoms with van der Waals surface area (Å²) < 4.78 is 40.8. The molecular formula is C19H18FN3O3S. The van der Waals surface area contributed by atoms with Crippen LogP contribution in [-0.4, -0.2) is 30.1 Å². The molecule has 0 unspecified atom stereocenters. The molecule has 0 bridgehead atoms. The molecule has 1 aliphatic rings. The number of hydrogen-bond donors (Lipinski definition) is 1. The van der Waals surface area contributed by atoms with E-state index in [0.717, 1.165) is 12.8 Å². The van der Waals surface area contributed by atoms with Crippen LogP contribution in [0, 0.1) is 5.82 Å². The number of carbonyl (C=O) groups excluding carboxylic acids is 1. The molecule has 1 saturated carbocycles. The quantitative estimate of drug-likeness (QED) is 0.704. The average Bonchev–Trinajstić information content (AvgIpc) is 3.36. The minimum Gasteiger partial charge on any atom is -0.352 e. The molecule has 0 radical (unpaired) electrons. The van der Waals surface area contributed by atoms with Crippen LogP contribution in [0.3, 0.4) is 0 Å². The van der Waals surface area contributed by atoms with Crippen molar-refractivity contribution in [2.75, 3.05) is 0 Å². The van der Waals surface area contributed by atoms with Gasteiger partial charge >= 0.3 is 0 Å². The molecule has 0 saturated heterocycles. The Labute approximate surface area is 155 Å². The van der Waals surface area contributed by atoms with Gasteiger partial charge in [0.25, 0.3) is 0 Å². The van der Waals surface area contributed by atoms with Crippen LogP contribution in [0.25, 0.3) is 10.9 Å². The zero-order valence-corrected chi connectivity index (χ0v) is 15.2. The van der Waals surface area contributed by atoms with E-state index in [1.807, 2.05) is 6.07 Å². The molecule has 140 valence electrons. The summed E-state index contributed by atoms with van der Waals surface area (Å²) in [5.41, 5.74) is 0.918. The molecule has 6 nitrogen and oxygen atoms in total. The van der Waals surface area contributed by atoms with Gasteiger partial charge in [-0.05, 0) is 36.6 Å². The Kier molecular flexibility index (Phi) is 4.43. The van der Waals surface area contributed by atoms with Crippen molar-refractivity contribution in [1.82, 2.24) is 15.1 Å². The molecule has 0 atom stereocenters. The van der Waals surface area contributed by atoms with Crippen molar-refractivity contribution in [3.05, 3.63) is 59.9 Å². The minimum absolute atomic E-state index is 0.138. The normalized spacial score (nSPS) is 14.4. The molecule has 4 rings (SSSR count). The van der Waals surface area contributed by atoms with E-state index in [-0.39, 0.29) is 34.8 Å². The van der Waals surface area contributed by atoms with Crippen molar-refractivity contribution in [3.8, 4) is 0 Å². The number of nitrogens with one attached hydrogen (secondary N) is 1. The van der Waals surface area contributed by atoms with Crippen LogP contribution in [0.5, 0.6) is 0 Å². The Morgan fingerprint density at radius 3 is 2.63 bits per heavy atom. The van der Waals surface area contributed by atoms with Crippen molar-refractivity contribution in [3.63, 3.8) is 0 Å². The molecule has 27 heavy (non-hydrogen) atoms. The van der Waals surface area contributed by atoms with Crippen molar-refractivity contribution in [2.24, 2.45) is 0 Å². The maximum absolute atomic E-state index is 13.7. The molecule has 0 spiro atoms. The van der Waals surface area contributed by atoms with Gasteiger partial charge in [0.1, 0.15) is 12.4 Å². The lowest BCUT2D eigenvalue weighted by Crippen LogP contribution is -2.29. The number of benzene rings is 2. The van der Waals surface area contributed by atoms with E-state index in [0.29, 0.717) is 10.9 Å². The molecule has 1 N–H and O–H groups in total. The van der Waals surface area contributed by atoms with Crippen LogP contribution in [0.2, 0.25) is 0 Å². The Morgan fingerprint density at radius 2 is 1.93 bits per heavy atom. The second kappa shape index (κ2) is 6.77. The zero-order chi connectivity index (χ0) is 19.0. The molecule has 3 aromatic rings. The lowest BCUT2D eigenvalue weighted by molar-refractivity contribution is -0.121. The van der Waals surface area contributed by atoms with E-state index in [1.165, 1.54) is 22.9 Å². The van der Waals surface area contributed by atoms with Crippen molar-refractivity contribution in [1.29, 1.82) is 0 Å². The van der Waals surface area contributed by atoms with Gasteiger partial charge in [0, 0.05) is 11.4 Å². The van der Waals surface area contributed by atoms with Crippen LogP contribution in [0.15, 0.2) is 53.6 Å². The van der Waals surface area contributed by atoms with Crippen LogP contribution in [-0.2, 0) is 26.9 Å². The van der Waals surface area contributed by atoms with Gasteiger partial charge in [0.15, 0.2) is 5.03 Å². The molecular weight excluding hydrogens is 369 g/mol. The van der Waals surface area contributed by atoms with Crippen LogP contribution in [0.1, 0.15) is 18.4 Å². The summed E-state index contributed by atoms with van der Waals surface area (Å²) >= 11 is 0. The fourth-order valence-electron chi connectivity index (χ4n) is 2.97. The van der Waals surface area contributed by atoms with Crippen molar-refractivity contribution in [2.45, 2.75) is 36.2 Å². The minimum atomic E-state index is -3.76. The summed E-state index contributed by atoms with van der Waals surface area (Å²) in [6.45, 7) is -0.155. The smallest absolute Gasteiger partial charge is 0.241 e. The molecule has 1 heterocycles. The third-order valence-electron chi connectivity index (χ3n) is 4.41. The Morgan fingerprint density at radius 1 is 1.19 bits per heavy atom. The summed E-state index contributed by atoms with van der Waals surface area (Å²) in [6, 6.07) is 12.7. The molecule has 1 amide bonds. The van der Waals surface area contributed by atoms with E-state index in [9.17, 15) is 17.6 Å². The fraction of sp³-hybridized carbons (Fsp3) is 0.263. The second-order valence-corrected chi connectivity index (χ2v) is 8.62. The molecule has 2 aromatic carbocycles. The van der Waals surface area contributed by atoms with Gasteiger partial charge in [-0.2, -0.15) is 5.10 Å². The Balaban J connectivity index is 1.72. The number of aromatic nitrogens is 2. The van der Waals surface area contributed by atoms with Gasteiger partial charge in [0.2, 0.25) is 15.7 Å². The van der Waals surface area contributed by atoms with Crippen molar-refractivity contribution >= 4 is 26.6 Å². The highest BCUT2D eigenvalue weighted by molar-refractivity contribution is 7.90. The second-order valence-electron chi connectivity index (χ2n) is 6.71. The van der Waals surface area contributed by atoms with Gasteiger partial charge in [-0.1, -0.05) is 30.3 Å². The number of sulfone groups is 1. The first-order valence-electron chi connectivity index (χ1n) is 8.64. The number of nitrogens with zero attached hydrogens (tertiary/aromatic N) is 2. The van der Waals surface area contributed by atoms with E-state index in [1.54, 1.807) is 24.3 Å². The number of fused-ring (bicyclic) bond motifs is 1. The monoisotopic (exact) mass is 387 g/mol. The van der Waals surface area contributed by atoms with Crippen LogP contribution >= 0.6 is 0 Å². The lowest BCUT2D eigenvalue weighted by atomic mass is 10.2. The Hall–Kier alpha value is -2.74. The summed E-state index contributed by atoms with van der Waals surface area (Å²) in [5, 5.41) is 7.17. The summed E-state index contributed by atoms with van der Waals surface area (Å²) in [4.78, 5) is 12.1. The third-order valence-corrected chi connectivity index (χ3v) is 6.01. The van der Waals surface area contributed by atoms with Gasteiger partial charge in [-0.25, -0.2) is 12.8 Å². The van der Waals surface area contributed by atoms with Gasteiger partial charge < -0.3 is 5.32 Å². The molecule has 8 heteroatoms. The van der Waals surface area contributed by atoms with Crippen LogP contribution in [0.4, 0.5) is 4.39 Å². The van der Waals surface area contributed by atoms with Crippen LogP contribution < -0.4 is 5.32 Å². The first-order valence-corrected chi connectivity index (χ1v) is 10.3. The number of amides is 1. The number of hydrogen-bond acceptors (Lipinski definition) is 4. The maximum atomic E-state index is 13.7.